The standard InChI is InChI=1S/C21H29ClN2O4/c1-14(2)11-28-19(26)20(18(23)25)12-21(27,13-20)16-6-5-15(17(22)9-16)10-24-7-3-4-8-24/h5-6,9,14,27H,3-4,7-8,10-13H2,1-2H3,(H2,23,25). The van der Waals surface area contributed by atoms with Crippen LogP contribution in [-0.2, 0) is 26.5 Å². The van der Waals surface area contributed by atoms with E-state index in [2.05, 4.69) is 4.90 Å². The minimum Gasteiger partial charge on any atom is -0.465 e. The fourth-order valence-electron chi connectivity index (χ4n) is 4.10. The van der Waals surface area contributed by atoms with E-state index in [0.717, 1.165) is 25.2 Å². The third-order valence-electron chi connectivity index (χ3n) is 5.78. The van der Waals surface area contributed by atoms with Crippen LogP contribution in [0.4, 0.5) is 0 Å². The second-order valence-corrected chi connectivity index (χ2v) is 9.02. The number of nitrogens with two attached hydrogens (primary N) is 1. The van der Waals surface area contributed by atoms with Gasteiger partial charge in [-0.2, -0.15) is 0 Å². The highest BCUT2D eigenvalue weighted by Crippen LogP contribution is 2.55. The first-order valence-corrected chi connectivity index (χ1v) is 10.2. The van der Waals surface area contributed by atoms with Crippen LogP contribution in [0.5, 0.6) is 0 Å². The van der Waals surface area contributed by atoms with Crippen LogP contribution < -0.4 is 5.73 Å². The van der Waals surface area contributed by atoms with Gasteiger partial charge in [-0.1, -0.05) is 37.6 Å². The molecule has 2 aliphatic rings. The van der Waals surface area contributed by atoms with Gasteiger partial charge in [-0.25, -0.2) is 0 Å². The van der Waals surface area contributed by atoms with Crippen molar-refractivity contribution >= 4 is 23.5 Å². The number of primary amides is 1. The molecule has 3 N–H and O–H groups in total. The Morgan fingerprint density at radius 3 is 2.46 bits per heavy atom. The Morgan fingerprint density at radius 1 is 1.29 bits per heavy atom. The van der Waals surface area contributed by atoms with Gasteiger partial charge < -0.3 is 15.6 Å². The fraction of sp³-hybridized carbons (Fsp3) is 0.619. The molecule has 1 aliphatic heterocycles. The number of aliphatic hydroxyl groups is 1. The molecule has 1 saturated heterocycles. The Bertz CT molecular complexity index is 753. The number of carbonyl (C=O) groups is 2. The van der Waals surface area contributed by atoms with Gasteiger partial charge in [-0.3, -0.25) is 14.5 Å². The van der Waals surface area contributed by atoms with Crippen LogP contribution in [0.25, 0.3) is 0 Å². The molecule has 3 rings (SSSR count). The van der Waals surface area contributed by atoms with Crippen LogP contribution in [-0.4, -0.2) is 41.6 Å². The molecule has 154 valence electrons. The van der Waals surface area contributed by atoms with Gasteiger partial charge in [-0.15, -0.1) is 0 Å². The average Bonchev–Trinajstić information content (AvgIpc) is 3.11. The summed E-state index contributed by atoms with van der Waals surface area (Å²) >= 11 is 6.45. The van der Waals surface area contributed by atoms with Crippen molar-refractivity contribution in [1.82, 2.24) is 4.90 Å². The molecule has 0 aromatic heterocycles. The molecule has 0 spiro atoms. The number of halogens is 1. The molecule has 1 aromatic carbocycles. The maximum absolute atomic E-state index is 12.5. The van der Waals surface area contributed by atoms with Gasteiger partial charge in [0.25, 0.3) is 0 Å². The van der Waals surface area contributed by atoms with Crippen LogP contribution in [0, 0.1) is 11.3 Å². The Morgan fingerprint density at radius 2 is 1.93 bits per heavy atom. The maximum Gasteiger partial charge on any atom is 0.321 e. The van der Waals surface area contributed by atoms with Crippen LogP contribution in [0.2, 0.25) is 5.02 Å². The molecule has 1 aromatic rings. The van der Waals surface area contributed by atoms with Gasteiger partial charge in [0.1, 0.15) is 0 Å². The molecule has 1 aliphatic carbocycles. The van der Waals surface area contributed by atoms with Crippen molar-refractivity contribution in [3.63, 3.8) is 0 Å². The molecule has 1 heterocycles. The van der Waals surface area contributed by atoms with Crippen molar-refractivity contribution in [3.05, 3.63) is 34.3 Å². The lowest BCUT2D eigenvalue weighted by Crippen LogP contribution is -2.60. The summed E-state index contributed by atoms with van der Waals surface area (Å²) in [5.74, 6) is -1.27. The summed E-state index contributed by atoms with van der Waals surface area (Å²) in [5, 5.41) is 11.6. The van der Waals surface area contributed by atoms with Gasteiger partial charge >= 0.3 is 5.97 Å². The van der Waals surface area contributed by atoms with E-state index in [4.69, 9.17) is 22.1 Å². The summed E-state index contributed by atoms with van der Waals surface area (Å²) in [4.78, 5) is 26.8. The predicted octanol–water partition coefficient (Wildman–Crippen LogP) is 2.59. The monoisotopic (exact) mass is 408 g/mol. The average molecular weight is 409 g/mol. The van der Waals surface area contributed by atoms with Crippen molar-refractivity contribution in [2.45, 2.75) is 51.7 Å². The van der Waals surface area contributed by atoms with Gasteiger partial charge in [0.15, 0.2) is 5.41 Å². The Kier molecular flexibility index (Phi) is 6.03. The summed E-state index contributed by atoms with van der Waals surface area (Å²) in [6, 6.07) is 5.47. The minimum atomic E-state index is -1.48. The zero-order valence-corrected chi connectivity index (χ0v) is 17.3. The summed E-state index contributed by atoms with van der Waals surface area (Å²) in [5.41, 5.74) is 4.30. The second kappa shape index (κ2) is 8.01. The number of esters is 1. The van der Waals surface area contributed by atoms with Crippen molar-refractivity contribution in [2.75, 3.05) is 19.7 Å². The van der Waals surface area contributed by atoms with Crippen molar-refractivity contribution in [1.29, 1.82) is 0 Å². The van der Waals surface area contributed by atoms with Gasteiger partial charge in [0.2, 0.25) is 5.91 Å². The lowest BCUT2D eigenvalue weighted by molar-refractivity contribution is -0.192. The highest BCUT2D eigenvalue weighted by molar-refractivity contribution is 6.31. The predicted molar refractivity (Wildman–Crippen MR) is 107 cm³/mol. The van der Waals surface area contributed by atoms with E-state index in [1.807, 2.05) is 26.0 Å². The number of rotatable bonds is 7. The number of ether oxygens (including phenoxy) is 1. The Hall–Kier alpha value is -1.63. The number of hydrogen-bond acceptors (Lipinski definition) is 5. The van der Waals surface area contributed by atoms with Gasteiger partial charge in [0.05, 0.1) is 12.2 Å². The molecular weight excluding hydrogens is 380 g/mol. The first-order valence-electron chi connectivity index (χ1n) is 9.87. The molecule has 0 unspecified atom stereocenters. The van der Waals surface area contributed by atoms with Gasteiger partial charge in [0, 0.05) is 24.4 Å². The van der Waals surface area contributed by atoms with E-state index < -0.39 is 22.9 Å². The van der Waals surface area contributed by atoms with Gasteiger partial charge in [-0.05, 0) is 49.0 Å². The molecular formula is C21H29ClN2O4. The molecule has 28 heavy (non-hydrogen) atoms. The topological polar surface area (TPSA) is 92.9 Å². The number of benzene rings is 1. The van der Waals surface area contributed by atoms with Crippen molar-refractivity contribution in [2.24, 2.45) is 17.1 Å². The molecule has 0 bridgehead atoms. The number of amides is 1. The first-order chi connectivity index (χ1) is 13.2. The van der Waals surface area contributed by atoms with E-state index >= 15 is 0 Å². The number of carbonyl (C=O) groups excluding carboxylic acids is 2. The summed E-state index contributed by atoms with van der Waals surface area (Å²) in [6.07, 6.45) is 2.23. The Balaban J connectivity index is 1.72. The quantitative estimate of drug-likeness (QED) is 0.534. The molecule has 6 nitrogen and oxygen atoms in total. The minimum absolute atomic E-state index is 0.0892. The smallest absolute Gasteiger partial charge is 0.321 e. The lowest BCUT2D eigenvalue weighted by Gasteiger charge is -2.49. The molecule has 2 fully saturated rings. The number of likely N-dealkylation sites (tertiary alicyclic amines) is 1. The van der Waals surface area contributed by atoms with E-state index in [9.17, 15) is 14.7 Å². The zero-order valence-electron chi connectivity index (χ0n) is 16.5. The van der Waals surface area contributed by atoms with Crippen LogP contribution in [0.15, 0.2) is 18.2 Å². The largest absolute Gasteiger partial charge is 0.465 e. The molecule has 0 atom stereocenters. The number of hydrogen-bond donors (Lipinski definition) is 2. The highest BCUT2D eigenvalue weighted by atomic mass is 35.5. The highest BCUT2D eigenvalue weighted by Gasteiger charge is 2.64. The fourth-order valence-corrected chi connectivity index (χ4v) is 4.34. The lowest BCUT2D eigenvalue weighted by atomic mass is 9.56. The van der Waals surface area contributed by atoms with E-state index in [1.54, 1.807) is 6.07 Å². The molecule has 7 heteroatoms. The van der Waals surface area contributed by atoms with E-state index in [0.29, 0.717) is 10.6 Å². The maximum atomic E-state index is 12.5. The second-order valence-electron chi connectivity index (χ2n) is 8.61. The summed E-state index contributed by atoms with van der Waals surface area (Å²) < 4.78 is 5.24. The molecule has 1 amide bonds. The number of nitrogens with zero attached hydrogens (tertiary/aromatic N) is 1. The van der Waals surface area contributed by atoms with Crippen molar-refractivity contribution < 1.29 is 19.4 Å². The third-order valence-corrected chi connectivity index (χ3v) is 6.13. The SMILES string of the molecule is CC(C)COC(=O)C1(C(N)=O)CC(O)(c2ccc(CN3CCCC3)c(Cl)c2)C1. The summed E-state index contributed by atoms with van der Waals surface area (Å²) in [6.45, 7) is 6.96. The van der Waals surface area contributed by atoms with Crippen LogP contribution in [0.1, 0.15) is 50.7 Å². The van der Waals surface area contributed by atoms with E-state index in [-0.39, 0.29) is 25.4 Å². The normalized spacial score (nSPS) is 27.6. The Labute approximate surface area is 171 Å². The summed E-state index contributed by atoms with van der Waals surface area (Å²) in [7, 11) is 0. The molecule has 0 radical (unpaired) electrons. The van der Waals surface area contributed by atoms with Crippen molar-refractivity contribution in [3.8, 4) is 0 Å². The van der Waals surface area contributed by atoms with E-state index in [1.165, 1.54) is 12.8 Å². The van der Waals surface area contributed by atoms with Crippen LogP contribution in [0.3, 0.4) is 0 Å². The van der Waals surface area contributed by atoms with Crippen LogP contribution >= 0.6 is 11.6 Å². The third kappa shape index (κ3) is 4.04. The zero-order chi connectivity index (χ0) is 20.5. The first kappa shape index (κ1) is 21.1. The molecule has 1 saturated carbocycles.